The maximum atomic E-state index is 5.38. The van der Waals surface area contributed by atoms with Gasteiger partial charge in [-0.05, 0) is 19.8 Å². The van der Waals surface area contributed by atoms with Crippen molar-refractivity contribution in [3.8, 4) is 5.88 Å². The molecular formula is C8H13N3OS. The van der Waals surface area contributed by atoms with Gasteiger partial charge in [0.05, 0.1) is 18.3 Å². The fourth-order valence-electron chi connectivity index (χ4n) is 1.53. The first kappa shape index (κ1) is 8.74. The van der Waals surface area contributed by atoms with Crippen molar-refractivity contribution >= 4 is 17.5 Å². The summed E-state index contributed by atoms with van der Waals surface area (Å²) in [5.74, 6) is 1.64. The molecule has 0 atom stereocenters. The lowest BCUT2D eigenvalue weighted by Crippen LogP contribution is -2.18. The van der Waals surface area contributed by atoms with Crippen molar-refractivity contribution in [2.24, 2.45) is 0 Å². The monoisotopic (exact) mass is 199 g/mol. The second kappa shape index (κ2) is 3.91. The van der Waals surface area contributed by atoms with Gasteiger partial charge in [-0.1, -0.05) is 0 Å². The van der Waals surface area contributed by atoms with E-state index in [2.05, 4.69) is 13.6 Å². The first-order valence-electron chi connectivity index (χ1n) is 4.62. The van der Waals surface area contributed by atoms with Crippen LogP contribution in [0.15, 0.2) is 0 Å². The van der Waals surface area contributed by atoms with Gasteiger partial charge >= 0.3 is 0 Å². The summed E-state index contributed by atoms with van der Waals surface area (Å²) in [5, 5.41) is 0. The van der Waals surface area contributed by atoms with Gasteiger partial charge in [-0.2, -0.15) is 4.37 Å². The van der Waals surface area contributed by atoms with Gasteiger partial charge in [-0.3, -0.25) is 0 Å². The van der Waals surface area contributed by atoms with Crippen LogP contribution in [-0.4, -0.2) is 28.4 Å². The summed E-state index contributed by atoms with van der Waals surface area (Å²) in [6, 6.07) is 0. The number of ether oxygens (including phenoxy) is 1. The molecule has 0 aromatic carbocycles. The van der Waals surface area contributed by atoms with Crippen molar-refractivity contribution in [3.63, 3.8) is 0 Å². The van der Waals surface area contributed by atoms with Crippen molar-refractivity contribution in [2.45, 2.75) is 19.8 Å². The third-order valence-electron chi connectivity index (χ3n) is 2.13. The van der Waals surface area contributed by atoms with Crippen molar-refractivity contribution in [1.29, 1.82) is 0 Å². The van der Waals surface area contributed by atoms with E-state index < -0.39 is 0 Å². The number of hydrogen-bond donors (Lipinski definition) is 0. The molecule has 1 aromatic heterocycles. The first-order valence-corrected chi connectivity index (χ1v) is 5.35. The number of rotatable bonds is 3. The van der Waals surface area contributed by atoms with Crippen LogP contribution in [0, 0.1) is 0 Å². The summed E-state index contributed by atoms with van der Waals surface area (Å²) in [5.41, 5.74) is 0. The molecular weight excluding hydrogens is 186 g/mol. The largest absolute Gasteiger partial charge is 0.475 e. The quantitative estimate of drug-likeness (QED) is 0.740. The number of anilines is 1. The average Bonchev–Trinajstić information content (AvgIpc) is 2.71. The van der Waals surface area contributed by atoms with Crippen molar-refractivity contribution in [2.75, 3.05) is 24.6 Å². The smallest absolute Gasteiger partial charge is 0.270 e. The average molecular weight is 199 g/mol. The fourth-order valence-corrected chi connectivity index (χ4v) is 2.05. The molecule has 2 heterocycles. The zero-order valence-electron chi connectivity index (χ0n) is 7.69. The minimum atomic E-state index is 0.659. The molecule has 0 saturated carbocycles. The zero-order chi connectivity index (χ0) is 9.10. The molecule has 1 aliphatic heterocycles. The Morgan fingerprint density at radius 1 is 1.38 bits per heavy atom. The number of aromatic nitrogens is 2. The van der Waals surface area contributed by atoms with Crippen LogP contribution in [0.3, 0.4) is 0 Å². The van der Waals surface area contributed by atoms with E-state index in [1.54, 1.807) is 0 Å². The molecule has 1 aromatic rings. The van der Waals surface area contributed by atoms with Crippen LogP contribution in [0.1, 0.15) is 19.8 Å². The molecule has 1 saturated heterocycles. The maximum Gasteiger partial charge on any atom is 0.270 e. The standard InChI is InChI=1S/C8H13N3OS/c1-2-12-8-7(9-13-10-8)11-5-3-4-6-11/h2-6H2,1H3. The third-order valence-corrected chi connectivity index (χ3v) is 2.63. The van der Waals surface area contributed by atoms with Gasteiger partial charge in [0.2, 0.25) is 5.82 Å². The molecule has 0 unspecified atom stereocenters. The van der Waals surface area contributed by atoms with Crippen LogP contribution in [0.5, 0.6) is 5.88 Å². The highest BCUT2D eigenvalue weighted by Gasteiger charge is 2.19. The summed E-state index contributed by atoms with van der Waals surface area (Å²) in [6.07, 6.45) is 2.51. The highest BCUT2D eigenvalue weighted by molar-refractivity contribution is 6.99. The molecule has 13 heavy (non-hydrogen) atoms. The van der Waals surface area contributed by atoms with Crippen molar-refractivity contribution in [1.82, 2.24) is 8.75 Å². The Kier molecular flexibility index (Phi) is 2.63. The Hall–Kier alpha value is -0.840. The van der Waals surface area contributed by atoms with Gasteiger partial charge in [0, 0.05) is 13.1 Å². The summed E-state index contributed by atoms with van der Waals surface area (Å²) in [4.78, 5) is 2.24. The minimum absolute atomic E-state index is 0.659. The summed E-state index contributed by atoms with van der Waals surface area (Å²) in [7, 11) is 0. The lowest BCUT2D eigenvalue weighted by molar-refractivity contribution is 0.330. The van der Waals surface area contributed by atoms with Gasteiger partial charge in [0.1, 0.15) is 0 Å². The van der Waals surface area contributed by atoms with Gasteiger partial charge < -0.3 is 9.64 Å². The molecule has 1 fully saturated rings. The second-order valence-electron chi connectivity index (χ2n) is 3.02. The zero-order valence-corrected chi connectivity index (χ0v) is 8.51. The fraction of sp³-hybridized carbons (Fsp3) is 0.750. The number of hydrogen-bond acceptors (Lipinski definition) is 5. The van der Waals surface area contributed by atoms with Gasteiger partial charge in [0.25, 0.3) is 5.88 Å². The summed E-state index contributed by atoms with van der Waals surface area (Å²) >= 11 is 1.23. The lowest BCUT2D eigenvalue weighted by Gasteiger charge is -2.14. The molecule has 2 rings (SSSR count). The SMILES string of the molecule is CCOc1nsnc1N1CCCC1. The molecule has 0 spiro atoms. The molecule has 1 aliphatic rings. The van der Waals surface area contributed by atoms with E-state index in [0.29, 0.717) is 12.5 Å². The Bertz CT molecular complexity index is 270. The van der Waals surface area contributed by atoms with E-state index in [1.165, 1.54) is 24.6 Å². The van der Waals surface area contributed by atoms with E-state index in [0.717, 1.165) is 18.9 Å². The normalized spacial score (nSPS) is 16.5. The minimum Gasteiger partial charge on any atom is -0.475 e. The first-order chi connectivity index (χ1) is 6.42. The Morgan fingerprint density at radius 3 is 2.85 bits per heavy atom. The Labute approximate surface area is 81.9 Å². The Balaban J connectivity index is 2.13. The van der Waals surface area contributed by atoms with Gasteiger partial charge in [0.15, 0.2) is 0 Å². The number of nitrogens with zero attached hydrogens (tertiary/aromatic N) is 3. The Morgan fingerprint density at radius 2 is 2.15 bits per heavy atom. The van der Waals surface area contributed by atoms with Gasteiger partial charge in [-0.25, -0.2) is 0 Å². The van der Waals surface area contributed by atoms with Crippen molar-refractivity contribution in [3.05, 3.63) is 0 Å². The van der Waals surface area contributed by atoms with Crippen LogP contribution in [0.4, 0.5) is 5.82 Å². The van der Waals surface area contributed by atoms with E-state index in [9.17, 15) is 0 Å². The molecule has 0 bridgehead atoms. The summed E-state index contributed by atoms with van der Waals surface area (Å²) < 4.78 is 13.8. The predicted molar refractivity (Wildman–Crippen MR) is 52.5 cm³/mol. The van der Waals surface area contributed by atoms with Gasteiger partial charge in [-0.15, -0.1) is 4.37 Å². The molecule has 0 aliphatic carbocycles. The molecule has 5 heteroatoms. The lowest BCUT2D eigenvalue weighted by atomic mass is 10.4. The molecule has 0 amide bonds. The third kappa shape index (κ3) is 1.75. The summed E-state index contributed by atoms with van der Waals surface area (Å²) in [6.45, 7) is 4.80. The van der Waals surface area contributed by atoms with E-state index in [-0.39, 0.29) is 0 Å². The maximum absolute atomic E-state index is 5.38. The molecule has 0 N–H and O–H groups in total. The van der Waals surface area contributed by atoms with Crippen LogP contribution in [-0.2, 0) is 0 Å². The topological polar surface area (TPSA) is 38.3 Å². The van der Waals surface area contributed by atoms with Crippen LogP contribution >= 0.6 is 11.7 Å². The van der Waals surface area contributed by atoms with E-state index in [1.807, 2.05) is 6.92 Å². The highest BCUT2D eigenvalue weighted by Crippen LogP contribution is 2.28. The van der Waals surface area contributed by atoms with Crippen LogP contribution in [0.25, 0.3) is 0 Å². The van der Waals surface area contributed by atoms with E-state index in [4.69, 9.17) is 4.74 Å². The highest BCUT2D eigenvalue weighted by atomic mass is 32.1. The van der Waals surface area contributed by atoms with Crippen LogP contribution in [0.2, 0.25) is 0 Å². The van der Waals surface area contributed by atoms with E-state index >= 15 is 0 Å². The molecule has 4 nitrogen and oxygen atoms in total. The molecule has 72 valence electrons. The van der Waals surface area contributed by atoms with Crippen LogP contribution < -0.4 is 9.64 Å². The predicted octanol–water partition coefficient (Wildman–Crippen LogP) is 1.54. The second-order valence-corrected chi connectivity index (χ2v) is 3.55. The van der Waals surface area contributed by atoms with Crippen molar-refractivity contribution < 1.29 is 4.74 Å². The molecule has 0 radical (unpaired) electrons.